The first-order valence-corrected chi connectivity index (χ1v) is 8.60. The largest absolute Gasteiger partial charge is 0.493 e. The van der Waals surface area contributed by atoms with Gasteiger partial charge in [0, 0.05) is 5.69 Å². The molecule has 2 aromatic carbocycles. The predicted molar refractivity (Wildman–Crippen MR) is 98.2 cm³/mol. The van der Waals surface area contributed by atoms with Crippen molar-refractivity contribution >= 4 is 11.6 Å². The number of para-hydroxylation sites is 1. The molecule has 0 saturated carbocycles. The van der Waals surface area contributed by atoms with Crippen LogP contribution in [-0.2, 0) is 10.2 Å². The predicted octanol–water partition coefficient (Wildman–Crippen LogP) is 2.64. The SMILES string of the molecule is COc1cc(C2NCCC23C(=O)Nc2ccccc23)cc(OC)c1OC. The van der Waals surface area contributed by atoms with Crippen LogP contribution in [0.15, 0.2) is 36.4 Å². The molecule has 6 heteroatoms. The summed E-state index contributed by atoms with van der Waals surface area (Å²) >= 11 is 0. The van der Waals surface area contributed by atoms with Gasteiger partial charge in [-0.2, -0.15) is 0 Å². The third kappa shape index (κ3) is 2.18. The van der Waals surface area contributed by atoms with Crippen LogP contribution < -0.4 is 24.8 Å². The number of carbonyl (C=O) groups is 1. The number of anilines is 1. The van der Waals surface area contributed by atoms with Crippen molar-refractivity contribution in [3.8, 4) is 17.2 Å². The second-order valence-corrected chi connectivity index (χ2v) is 6.57. The first-order chi connectivity index (χ1) is 12.7. The zero-order valence-corrected chi connectivity index (χ0v) is 15.1. The van der Waals surface area contributed by atoms with Crippen molar-refractivity contribution in [3.63, 3.8) is 0 Å². The van der Waals surface area contributed by atoms with Gasteiger partial charge in [0.1, 0.15) is 0 Å². The van der Waals surface area contributed by atoms with E-state index in [4.69, 9.17) is 14.2 Å². The van der Waals surface area contributed by atoms with E-state index in [0.717, 1.165) is 29.8 Å². The van der Waals surface area contributed by atoms with Gasteiger partial charge in [-0.1, -0.05) is 18.2 Å². The maximum atomic E-state index is 13.0. The summed E-state index contributed by atoms with van der Waals surface area (Å²) in [5.74, 6) is 1.74. The van der Waals surface area contributed by atoms with Crippen LogP contribution >= 0.6 is 0 Å². The summed E-state index contributed by atoms with van der Waals surface area (Å²) in [6, 6.07) is 11.6. The lowest BCUT2D eigenvalue weighted by atomic mass is 9.73. The molecule has 2 aliphatic heterocycles. The molecule has 2 heterocycles. The molecule has 1 spiro atoms. The summed E-state index contributed by atoms with van der Waals surface area (Å²) < 4.78 is 16.4. The second-order valence-electron chi connectivity index (χ2n) is 6.57. The van der Waals surface area contributed by atoms with E-state index < -0.39 is 5.41 Å². The van der Waals surface area contributed by atoms with Gasteiger partial charge in [-0.05, 0) is 42.3 Å². The summed E-state index contributed by atoms with van der Waals surface area (Å²) in [4.78, 5) is 13.0. The average Bonchev–Trinajstić information content (AvgIpc) is 3.24. The number of rotatable bonds is 4. The Kier molecular flexibility index (Phi) is 4.00. The van der Waals surface area contributed by atoms with Crippen LogP contribution in [-0.4, -0.2) is 33.8 Å². The van der Waals surface area contributed by atoms with Crippen LogP contribution in [0.2, 0.25) is 0 Å². The van der Waals surface area contributed by atoms with Crippen molar-refractivity contribution in [2.45, 2.75) is 17.9 Å². The molecular weight excluding hydrogens is 332 g/mol. The van der Waals surface area contributed by atoms with Crippen LogP contribution in [0.5, 0.6) is 17.2 Å². The molecule has 6 nitrogen and oxygen atoms in total. The van der Waals surface area contributed by atoms with Gasteiger partial charge in [-0.15, -0.1) is 0 Å². The van der Waals surface area contributed by atoms with E-state index in [1.807, 2.05) is 36.4 Å². The summed E-state index contributed by atoms with van der Waals surface area (Å²) in [6.45, 7) is 0.753. The quantitative estimate of drug-likeness (QED) is 0.883. The first-order valence-electron chi connectivity index (χ1n) is 8.60. The number of benzene rings is 2. The van der Waals surface area contributed by atoms with Gasteiger partial charge in [0.05, 0.1) is 32.8 Å². The van der Waals surface area contributed by atoms with Crippen molar-refractivity contribution < 1.29 is 19.0 Å². The van der Waals surface area contributed by atoms with Crippen LogP contribution in [0.4, 0.5) is 5.69 Å². The van der Waals surface area contributed by atoms with E-state index in [1.54, 1.807) is 21.3 Å². The monoisotopic (exact) mass is 354 g/mol. The minimum atomic E-state index is -0.638. The zero-order valence-electron chi connectivity index (χ0n) is 15.1. The van der Waals surface area contributed by atoms with Crippen molar-refractivity contribution in [1.82, 2.24) is 5.32 Å². The van der Waals surface area contributed by atoms with E-state index >= 15 is 0 Å². The Balaban J connectivity index is 1.87. The number of amides is 1. The van der Waals surface area contributed by atoms with Gasteiger partial charge in [-0.25, -0.2) is 0 Å². The summed E-state index contributed by atoms with van der Waals surface area (Å²) in [5, 5.41) is 6.55. The fourth-order valence-corrected chi connectivity index (χ4v) is 4.27. The van der Waals surface area contributed by atoms with Gasteiger partial charge in [0.15, 0.2) is 11.5 Å². The highest BCUT2D eigenvalue weighted by Gasteiger charge is 2.55. The smallest absolute Gasteiger partial charge is 0.237 e. The molecule has 26 heavy (non-hydrogen) atoms. The summed E-state index contributed by atoms with van der Waals surface area (Å²) in [7, 11) is 4.77. The standard InChI is InChI=1S/C20H22N2O4/c1-24-15-10-12(11-16(25-2)17(15)26-3)18-20(8-9-21-18)13-6-4-5-7-14(13)22-19(20)23/h4-7,10-11,18,21H,8-9H2,1-3H3,(H,22,23). The number of fused-ring (bicyclic) bond motifs is 2. The molecule has 0 radical (unpaired) electrons. The first kappa shape index (κ1) is 16.7. The molecule has 1 saturated heterocycles. The maximum Gasteiger partial charge on any atom is 0.237 e. The number of hydrogen-bond acceptors (Lipinski definition) is 5. The second kappa shape index (κ2) is 6.21. The highest BCUT2D eigenvalue weighted by Crippen LogP contribution is 2.52. The molecule has 2 atom stereocenters. The molecule has 2 aliphatic rings. The van der Waals surface area contributed by atoms with Crippen LogP contribution in [0.25, 0.3) is 0 Å². The van der Waals surface area contributed by atoms with E-state index in [1.165, 1.54) is 0 Å². The molecule has 2 N–H and O–H groups in total. The lowest BCUT2D eigenvalue weighted by molar-refractivity contribution is -0.121. The Bertz CT molecular complexity index is 842. The van der Waals surface area contributed by atoms with Crippen LogP contribution in [0, 0.1) is 0 Å². The molecule has 136 valence electrons. The molecule has 2 aromatic rings. The van der Waals surface area contributed by atoms with E-state index in [0.29, 0.717) is 17.2 Å². The van der Waals surface area contributed by atoms with Crippen molar-refractivity contribution in [3.05, 3.63) is 47.5 Å². The molecule has 1 amide bonds. The highest BCUT2D eigenvalue weighted by atomic mass is 16.5. The number of hydrogen-bond donors (Lipinski definition) is 2. The Labute approximate surface area is 152 Å². The number of nitrogens with one attached hydrogen (secondary N) is 2. The van der Waals surface area contributed by atoms with E-state index in [2.05, 4.69) is 10.6 Å². The molecular formula is C20H22N2O4. The summed E-state index contributed by atoms with van der Waals surface area (Å²) in [6.07, 6.45) is 0.733. The molecule has 2 unspecified atom stereocenters. The van der Waals surface area contributed by atoms with Gasteiger partial charge in [-0.3, -0.25) is 4.79 Å². The number of methoxy groups -OCH3 is 3. The maximum absolute atomic E-state index is 13.0. The van der Waals surface area contributed by atoms with Crippen LogP contribution in [0.1, 0.15) is 23.6 Å². The topological polar surface area (TPSA) is 68.8 Å². The normalized spacial score (nSPS) is 23.7. The van der Waals surface area contributed by atoms with E-state index in [9.17, 15) is 4.79 Å². The minimum Gasteiger partial charge on any atom is -0.493 e. The molecule has 4 rings (SSSR count). The Morgan fingerprint density at radius 3 is 2.38 bits per heavy atom. The third-order valence-electron chi connectivity index (χ3n) is 5.44. The number of ether oxygens (including phenoxy) is 3. The minimum absolute atomic E-state index is 0.0300. The highest BCUT2D eigenvalue weighted by molar-refractivity contribution is 6.07. The van der Waals surface area contributed by atoms with Crippen LogP contribution in [0.3, 0.4) is 0 Å². The van der Waals surface area contributed by atoms with E-state index in [-0.39, 0.29) is 11.9 Å². The Hall–Kier alpha value is -2.73. The van der Waals surface area contributed by atoms with Crippen molar-refractivity contribution in [1.29, 1.82) is 0 Å². The third-order valence-corrected chi connectivity index (χ3v) is 5.44. The Morgan fingerprint density at radius 1 is 1.04 bits per heavy atom. The Morgan fingerprint density at radius 2 is 1.73 bits per heavy atom. The lowest BCUT2D eigenvalue weighted by Crippen LogP contribution is -2.39. The van der Waals surface area contributed by atoms with Crippen molar-refractivity contribution in [2.24, 2.45) is 0 Å². The molecule has 1 fully saturated rings. The average molecular weight is 354 g/mol. The van der Waals surface area contributed by atoms with Gasteiger partial charge < -0.3 is 24.8 Å². The van der Waals surface area contributed by atoms with Crippen molar-refractivity contribution in [2.75, 3.05) is 33.2 Å². The molecule has 0 aliphatic carbocycles. The zero-order chi connectivity index (χ0) is 18.3. The van der Waals surface area contributed by atoms with Gasteiger partial charge >= 0.3 is 0 Å². The summed E-state index contributed by atoms with van der Waals surface area (Å²) in [5.41, 5.74) is 2.22. The molecule has 0 bridgehead atoms. The number of carbonyl (C=O) groups excluding carboxylic acids is 1. The molecule has 0 aromatic heterocycles. The van der Waals surface area contributed by atoms with Gasteiger partial charge in [0.25, 0.3) is 0 Å². The fraction of sp³-hybridized carbons (Fsp3) is 0.350. The fourth-order valence-electron chi connectivity index (χ4n) is 4.27. The van der Waals surface area contributed by atoms with Gasteiger partial charge in [0.2, 0.25) is 11.7 Å². The lowest BCUT2D eigenvalue weighted by Gasteiger charge is -2.30.